The predicted molar refractivity (Wildman–Crippen MR) is 66.0 cm³/mol. The molecule has 6 unspecified atom stereocenters. The SMILES string of the molecule is CC1CC(O)C23CC1C(C)(C)C2CCC3C. The van der Waals surface area contributed by atoms with Crippen LogP contribution < -0.4 is 0 Å². The van der Waals surface area contributed by atoms with E-state index in [2.05, 4.69) is 27.7 Å². The first kappa shape index (κ1) is 11.1. The van der Waals surface area contributed by atoms with Gasteiger partial charge in [-0.05, 0) is 54.8 Å². The van der Waals surface area contributed by atoms with E-state index in [1.807, 2.05) is 0 Å². The summed E-state index contributed by atoms with van der Waals surface area (Å²) in [5, 5.41) is 10.6. The van der Waals surface area contributed by atoms with Crippen LogP contribution in [0.2, 0.25) is 0 Å². The first-order valence-corrected chi connectivity index (χ1v) is 7.08. The summed E-state index contributed by atoms with van der Waals surface area (Å²) in [6.45, 7) is 9.68. The lowest BCUT2D eigenvalue weighted by atomic mass is 9.64. The van der Waals surface area contributed by atoms with Crippen molar-refractivity contribution in [3.05, 3.63) is 0 Å². The molecule has 16 heavy (non-hydrogen) atoms. The molecule has 3 aliphatic rings. The first-order valence-electron chi connectivity index (χ1n) is 7.08. The van der Waals surface area contributed by atoms with E-state index in [1.54, 1.807) is 0 Å². The van der Waals surface area contributed by atoms with Crippen molar-refractivity contribution in [2.24, 2.45) is 34.5 Å². The molecule has 3 saturated carbocycles. The zero-order valence-electron chi connectivity index (χ0n) is 11.2. The first-order chi connectivity index (χ1) is 7.40. The predicted octanol–water partition coefficient (Wildman–Crippen LogP) is 3.47. The van der Waals surface area contributed by atoms with Crippen LogP contribution in [0.25, 0.3) is 0 Å². The maximum absolute atomic E-state index is 10.6. The van der Waals surface area contributed by atoms with E-state index in [-0.39, 0.29) is 6.10 Å². The van der Waals surface area contributed by atoms with Crippen LogP contribution in [-0.4, -0.2) is 11.2 Å². The van der Waals surface area contributed by atoms with Crippen LogP contribution in [-0.2, 0) is 0 Å². The third-order valence-corrected chi connectivity index (χ3v) is 6.78. The molecule has 0 aliphatic heterocycles. The molecule has 2 bridgehead atoms. The standard InChI is InChI=1S/C15H26O/c1-9-7-13(16)15-8-11(9)14(3,4)12(15)6-5-10(15)2/h9-13,16H,5-8H2,1-4H3. The molecular weight excluding hydrogens is 196 g/mol. The molecule has 3 fully saturated rings. The topological polar surface area (TPSA) is 20.2 Å². The van der Waals surface area contributed by atoms with Gasteiger partial charge in [0.05, 0.1) is 6.10 Å². The highest BCUT2D eigenvalue weighted by Gasteiger charge is 2.67. The van der Waals surface area contributed by atoms with Gasteiger partial charge in [0.25, 0.3) is 0 Å². The zero-order chi connectivity index (χ0) is 11.7. The van der Waals surface area contributed by atoms with Gasteiger partial charge >= 0.3 is 0 Å². The maximum Gasteiger partial charge on any atom is 0.0604 e. The Balaban J connectivity index is 2.09. The second kappa shape index (κ2) is 3.04. The summed E-state index contributed by atoms with van der Waals surface area (Å²) in [5.74, 6) is 3.08. The molecule has 1 N–H and O–H groups in total. The number of aliphatic hydroxyl groups is 1. The largest absolute Gasteiger partial charge is 0.393 e. The molecule has 0 heterocycles. The quantitative estimate of drug-likeness (QED) is 0.665. The average Bonchev–Trinajstić information content (AvgIpc) is 2.61. The molecule has 1 spiro atoms. The average molecular weight is 222 g/mol. The van der Waals surface area contributed by atoms with Crippen LogP contribution in [0.3, 0.4) is 0 Å². The molecule has 0 saturated heterocycles. The minimum atomic E-state index is -0.0250. The Bertz CT molecular complexity index is 309. The van der Waals surface area contributed by atoms with E-state index >= 15 is 0 Å². The number of hydrogen-bond donors (Lipinski definition) is 1. The molecule has 3 rings (SSSR count). The van der Waals surface area contributed by atoms with Crippen molar-refractivity contribution < 1.29 is 5.11 Å². The van der Waals surface area contributed by atoms with Gasteiger partial charge in [-0.2, -0.15) is 0 Å². The summed E-state index contributed by atoms with van der Waals surface area (Å²) in [6.07, 6.45) is 5.02. The summed E-state index contributed by atoms with van der Waals surface area (Å²) in [5.41, 5.74) is 0.752. The van der Waals surface area contributed by atoms with Crippen molar-refractivity contribution in [2.45, 2.75) is 59.5 Å². The fraction of sp³-hybridized carbons (Fsp3) is 1.00. The second-order valence-corrected chi connectivity index (χ2v) is 7.50. The Morgan fingerprint density at radius 1 is 1.12 bits per heavy atom. The number of aliphatic hydroxyl groups excluding tert-OH is 1. The molecule has 6 atom stereocenters. The molecule has 0 aromatic rings. The number of fused-ring (bicyclic) bond motifs is 1. The Labute approximate surface area is 99.6 Å². The van der Waals surface area contributed by atoms with Gasteiger partial charge in [-0.1, -0.05) is 27.7 Å². The van der Waals surface area contributed by atoms with Gasteiger partial charge in [0.2, 0.25) is 0 Å². The Morgan fingerprint density at radius 3 is 2.50 bits per heavy atom. The molecular formula is C15H26O. The molecule has 0 amide bonds. The fourth-order valence-corrected chi connectivity index (χ4v) is 5.98. The Hall–Kier alpha value is -0.0400. The highest BCUT2D eigenvalue weighted by molar-refractivity contribution is 5.16. The van der Waals surface area contributed by atoms with E-state index < -0.39 is 0 Å². The van der Waals surface area contributed by atoms with Gasteiger partial charge in [0.15, 0.2) is 0 Å². The Kier molecular flexibility index (Phi) is 2.11. The highest BCUT2D eigenvalue weighted by Crippen LogP contribution is 2.72. The summed E-state index contributed by atoms with van der Waals surface area (Å²) in [7, 11) is 0. The van der Waals surface area contributed by atoms with E-state index in [9.17, 15) is 5.11 Å². The molecule has 3 aliphatic carbocycles. The third-order valence-electron chi connectivity index (χ3n) is 6.78. The summed E-state index contributed by atoms with van der Waals surface area (Å²) in [6, 6.07) is 0. The number of rotatable bonds is 0. The zero-order valence-corrected chi connectivity index (χ0v) is 11.2. The van der Waals surface area contributed by atoms with Gasteiger partial charge in [0, 0.05) is 5.41 Å². The second-order valence-electron chi connectivity index (χ2n) is 7.50. The van der Waals surface area contributed by atoms with Gasteiger partial charge in [-0.15, -0.1) is 0 Å². The van der Waals surface area contributed by atoms with Gasteiger partial charge < -0.3 is 5.11 Å². The lowest BCUT2D eigenvalue weighted by Crippen LogP contribution is -2.43. The van der Waals surface area contributed by atoms with Crippen LogP contribution in [0, 0.1) is 34.5 Å². The van der Waals surface area contributed by atoms with Gasteiger partial charge in [-0.3, -0.25) is 0 Å². The minimum Gasteiger partial charge on any atom is -0.393 e. The smallest absolute Gasteiger partial charge is 0.0604 e. The van der Waals surface area contributed by atoms with E-state index in [1.165, 1.54) is 19.3 Å². The van der Waals surface area contributed by atoms with Crippen molar-refractivity contribution in [1.29, 1.82) is 0 Å². The molecule has 1 heteroatoms. The van der Waals surface area contributed by atoms with E-state index in [4.69, 9.17) is 0 Å². The normalized spacial score (nSPS) is 58.7. The summed E-state index contributed by atoms with van der Waals surface area (Å²) >= 11 is 0. The van der Waals surface area contributed by atoms with Crippen molar-refractivity contribution in [2.75, 3.05) is 0 Å². The third kappa shape index (κ3) is 1.02. The van der Waals surface area contributed by atoms with E-state index in [0.29, 0.717) is 16.7 Å². The molecule has 0 aromatic carbocycles. The molecule has 0 aromatic heterocycles. The van der Waals surface area contributed by atoms with Crippen LogP contribution in [0.15, 0.2) is 0 Å². The molecule has 92 valence electrons. The molecule has 0 radical (unpaired) electrons. The lowest BCUT2D eigenvalue weighted by Gasteiger charge is -2.43. The Morgan fingerprint density at radius 2 is 1.81 bits per heavy atom. The minimum absolute atomic E-state index is 0.0250. The number of hydrogen-bond acceptors (Lipinski definition) is 1. The maximum atomic E-state index is 10.6. The van der Waals surface area contributed by atoms with E-state index in [0.717, 1.165) is 24.2 Å². The van der Waals surface area contributed by atoms with Crippen LogP contribution >= 0.6 is 0 Å². The molecule has 1 nitrogen and oxygen atoms in total. The summed E-state index contributed by atoms with van der Waals surface area (Å²) < 4.78 is 0. The van der Waals surface area contributed by atoms with Crippen LogP contribution in [0.5, 0.6) is 0 Å². The lowest BCUT2D eigenvalue weighted by molar-refractivity contribution is -0.0546. The monoisotopic (exact) mass is 222 g/mol. The van der Waals surface area contributed by atoms with Gasteiger partial charge in [-0.25, -0.2) is 0 Å². The van der Waals surface area contributed by atoms with Crippen molar-refractivity contribution in [1.82, 2.24) is 0 Å². The van der Waals surface area contributed by atoms with Crippen molar-refractivity contribution in [3.63, 3.8) is 0 Å². The summed E-state index contributed by atoms with van der Waals surface area (Å²) in [4.78, 5) is 0. The van der Waals surface area contributed by atoms with Crippen LogP contribution in [0.1, 0.15) is 53.4 Å². The van der Waals surface area contributed by atoms with Crippen LogP contribution in [0.4, 0.5) is 0 Å². The highest BCUT2D eigenvalue weighted by atomic mass is 16.3. The van der Waals surface area contributed by atoms with Crippen molar-refractivity contribution >= 4 is 0 Å². The fourth-order valence-electron chi connectivity index (χ4n) is 5.98. The van der Waals surface area contributed by atoms with Gasteiger partial charge in [0.1, 0.15) is 0 Å². The van der Waals surface area contributed by atoms with Crippen molar-refractivity contribution in [3.8, 4) is 0 Å².